The van der Waals surface area contributed by atoms with Gasteiger partial charge in [-0.25, -0.2) is 12.8 Å². The number of benzene rings is 1. The molecule has 0 aliphatic heterocycles. The summed E-state index contributed by atoms with van der Waals surface area (Å²) in [5.74, 6) is -1.19. The summed E-state index contributed by atoms with van der Waals surface area (Å²) in [5, 5.41) is 2.43. The summed E-state index contributed by atoms with van der Waals surface area (Å²) in [7, 11) is -3.59. The number of halogens is 1. The van der Waals surface area contributed by atoms with E-state index in [0.717, 1.165) is 12.3 Å². The minimum atomic E-state index is -3.59. The molecule has 1 aromatic rings. The van der Waals surface area contributed by atoms with Gasteiger partial charge in [0.25, 0.3) is 0 Å². The molecule has 0 heterocycles. The Kier molecular flexibility index (Phi) is 4.25. The van der Waals surface area contributed by atoms with Gasteiger partial charge in [0.05, 0.1) is 18.0 Å². The Hall–Kier alpha value is -1.67. The molecule has 4 N–H and O–H groups in total. The van der Waals surface area contributed by atoms with E-state index in [9.17, 15) is 17.6 Å². The maximum Gasteiger partial charge on any atom is 0.240 e. The predicted molar refractivity (Wildman–Crippen MR) is 67.1 cm³/mol. The zero-order valence-electron chi connectivity index (χ0n) is 9.90. The quantitative estimate of drug-likeness (QED) is 0.744. The van der Waals surface area contributed by atoms with Crippen LogP contribution in [0.2, 0.25) is 0 Å². The molecule has 0 fully saturated rings. The van der Waals surface area contributed by atoms with Crippen molar-refractivity contribution < 1.29 is 17.6 Å². The van der Waals surface area contributed by atoms with Gasteiger partial charge in [0.2, 0.25) is 15.9 Å². The maximum atomic E-state index is 13.3. The van der Waals surface area contributed by atoms with Crippen molar-refractivity contribution in [2.75, 3.05) is 16.3 Å². The average molecular weight is 275 g/mol. The van der Waals surface area contributed by atoms with E-state index in [1.165, 1.54) is 19.1 Å². The number of carbonyl (C=O) groups excluding carboxylic acids is 1. The molecule has 0 unspecified atom stereocenters. The average Bonchev–Trinajstić information content (AvgIpc) is 2.20. The second-order valence-corrected chi connectivity index (χ2v) is 5.60. The van der Waals surface area contributed by atoms with Crippen molar-refractivity contribution in [2.24, 2.45) is 5.73 Å². The van der Waals surface area contributed by atoms with E-state index in [1.54, 1.807) is 0 Å². The Morgan fingerprint density at radius 1 is 1.44 bits per heavy atom. The van der Waals surface area contributed by atoms with Crippen LogP contribution in [0.4, 0.5) is 15.8 Å². The Morgan fingerprint density at radius 3 is 2.56 bits per heavy atom. The molecule has 1 atom stereocenters. The van der Waals surface area contributed by atoms with E-state index >= 15 is 0 Å². The number of sulfonamides is 1. The van der Waals surface area contributed by atoms with Crippen molar-refractivity contribution in [3.8, 4) is 0 Å². The molecule has 0 aliphatic carbocycles. The fourth-order valence-corrected chi connectivity index (χ4v) is 1.69. The van der Waals surface area contributed by atoms with Crippen molar-refractivity contribution in [3.05, 3.63) is 24.0 Å². The van der Waals surface area contributed by atoms with Gasteiger partial charge in [-0.3, -0.25) is 9.52 Å². The largest absolute Gasteiger partial charge is 0.325 e. The van der Waals surface area contributed by atoms with Crippen LogP contribution in [-0.2, 0) is 14.8 Å². The molecule has 8 heteroatoms. The molecule has 0 spiro atoms. The number of hydrogen-bond acceptors (Lipinski definition) is 4. The number of anilines is 2. The van der Waals surface area contributed by atoms with Gasteiger partial charge in [-0.2, -0.15) is 0 Å². The molecular formula is C10H14FN3O3S. The highest BCUT2D eigenvalue weighted by Crippen LogP contribution is 2.20. The third kappa shape index (κ3) is 4.30. The van der Waals surface area contributed by atoms with Gasteiger partial charge in [-0.1, -0.05) is 0 Å². The lowest BCUT2D eigenvalue weighted by Gasteiger charge is -2.10. The van der Waals surface area contributed by atoms with E-state index in [1.807, 2.05) is 4.72 Å². The Morgan fingerprint density at radius 2 is 2.06 bits per heavy atom. The van der Waals surface area contributed by atoms with Crippen LogP contribution in [-0.4, -0.2) is 26.6 Å². The van der Waals surface area contributed by atoms with Crippen molar-refractivity contribution in [3.63, 3.8) is 0 Å². The summed E-state index contributed by atoms with van der Waals surface area (Å²) < 4.78 is 37.4. The molecule has 0 aliphatic rings. The van der Waals surface area contributed by atoms with Gasteiger partial charge in [0, 0.05) is 5.69 Å². The number of hydrogen-bond donors (Lipinski definition) is 3. The van der Waals surface area contributed by atoms with Crippen LogP contribution in [0.15, 0.2) is 18.2 Å². The standard InChI is InChI=1S/C10H14FN3O3S/c1-6(12)10(15)13-7-3-4-8(11)9(5-7)14-18(2,16)17/h3-6,14H,12H2,1-2H3,(H,13,15)/t6-/m1/s1. The Balaban J connectivity index is 2.97. The van der Waals surface area contributed by atoms with Gasteiger partial charge in [-0.15, -0.1) is 0 Å². The predicted octanol–water partition coefficient (Wildman–Crippen LogP) is 0.483. The summed E-state index contributed by atoms with van der Waals surface area (Å²) in [6, 6.07) is 2.81. The highest BCUT2D eigenvalue weighted by atomic mass is 32.2. The molecule has 0 saturated carbocycles. The van der Waals surface area contributed by atoms with E-state index < -0.39 is 27.8 Å². The molecule has 0 saturated heterocycles. The lowest BCUT2D eigenvalue weighted by atomic mass is 10.2. The fraction of sp³-hybridized carbons (Fsp3) is 0.300. The van der Waals surface area contributed by atoms with Crippen LogP contribution in [0.5, 0.6) is 0 Å². The van der Waals surface area contributed by atoms with Crippen molar-refractivity contribution in [2.45, 2.75) is 13.0 Å². The number of rotatable bonds is 4. The first-order chi connectivity index (χ1) is 8.19. The molecule has 6 nitrogen and oxygen atoms in total. The van der Waals surface area contributed by atoms with Crippen LogP contribution >= 0.6 is 0 Å². The third-order valence-corrected chi connectivity index (χ3v) is 2.53. The molecule has 1 aromatic carbocycles. The van der Waals surface area contributed by atoms with Gasteiger partial charge in [-0.05, 0) is 25.1 Å². The summed E-state index contributed by atoms with van der Waals surface area (Å²) in [6.07, 6.45) is 0.902. The lowest BCUT2D eigenvalue weighted by Crippen LogP contribution is -2.32. The maximum absolute atomic E-state index is 13.3. The van der Waals surface area contributed by atoms with Gasteiger partial charge < -0.3 is 11.1 Å². The SMILES string of the molecule is C[C@@H](N)C(=O)Nc1ccc(F)c(NS(C)(=O)=O)c1. The molecule has 0 radical (unpaired) electrons. The lowest BCUT2D eigenvalue weighted by molar-refractivity contribution is -0.117. The zero-order valence-corrected chi connectivity index (χ0v) is 10.7. The fourth-order valence-electron chi connectivity index (χ4n) is 1.14. The van der Waals surface area contributed by atoms with Crippen LogP contribution in [0, 0.1) is 5.82 Å². The first kappa shape index (κ1) is 14.4. The second-order valence-electron chi connectivity index (χ2n) is 3.85. The van der Waals surface area contributed by atoms with E-state index in [-0.39, 0.29) is 11.4 Å². The highest BCUT2D eigenvalue weighted by Gasteiger charge is 2.11. The third-order valence-electron chi connectivity index (χ3n) is 1.94. The zero-order chi connectivity index (χ0) is 13.9. The monoisotopic (exact) mass is 275 g/mol. The Bertz CT molecular complexity index is 557. The second kappa shape index (κ2) is 5.32. The summed E-state index contributed by atoms with van der Waals surface area (Å²) in [4.78, 5) is 11.3. The number of carbonyl (C=O) groups is 1. The summed E-state index contributed by atoms with van der Waals surface area (Å²) in [6.45, 7) is 1.49. The van der Waals surface area contributed by atoms with E-state index in [4.69, 9.17) is 5.73 Å². The van der Waals surface area contributed by atoms with Gasteiger partial charge in [0.1, 0.15) is 5.82 Å². The first-order valence-electron chi connectivity index (χ1n) is 5.03. The van der Waals surface area contributed by atoms with Crippen LogP contribution in [0.25, 0.3) is 0 Å². The van der Waals surface area contributed by atoms with Crippen LogP contribution < -0.4 is 15.8 Å². The van der Waals surface area contributed by atoms with Gasteiger partial charge >= 0.3 is 0 Å². The van der Waals surface area contributed by atoms with E-state index in [2.05, 4.69) is 5.32 Å². The summed E-state index contributed by atoms with van der Waals surface area (Å²) >= 11 is 0. The Labute approximate surface area is 104 Å². The summed E-state index contributed by atoms with van der Waals surface area (Å²) in [5.41, 5.74) is 5.37. The normalized spacial score (nSPS) is 12.9. The molecular weight excluding hydrogens is 261 g/mol. The topological polar surface area (TPSA) is 101 Å². The van der Waals surface area contributed by atoms with E-state index in [0.29, 0.717) is 0 Å². The van der Waals surface area contributed by atoms with Crippen molar-refractivity contribution >= 4 is 27.3 Å². The van der Waals surface area contributed by atoms with Crippen LogP contribution in [0.1, 0.15) is 6.92 Å². The molecule has 100 valence electrons. The minimum absolute atomic E-state index is 0.236. The number of nitrogens with one attached hydrogen (secondary N) is 2. The number of nitrogens with two attached hydrogens (primary N) is 1. The molecule has 1 amide bonds. The molecule has 18 heavy (non-hydrogen) atoms. The van der Waals surface area contributed by atoms with Gasteiger partial charge in [0.15, 0.2) is 0 Å². The van der Waals surface area contributed by atoms with Crippen molar-refractivity contribution in [1.82, 2.24) is 0 Å². The first-order valence-corrected chi connectivity index (χ1v) is 6.92. The van der Waals surface area contributed by atoms with Crippen molar-refractivity contribution in [1.29, 1.82) is 0 Å². The molecule has 1 rings (SSSR count). The number of amides is 1. The molecule has 0 aromatic heterocycles. The highest BCUT2D eigenvalue weighted by molar-refractivity contribution is 7.92. The smallest absolute Gasteiger partial charge is 0.240 e. The van der Waals surface area contributed by atoms with Crippen LogP contribution in [0.3, 0.4) is 0 Å². The minimum Gasteiger partial charge on any atom is -0.325 e. The molecule has 0 bridgehead atoms.